The summed E-state index contributed by atoms with van der Waals surface area (Å²) in [6, 6.07) is 9.39. The largest absolute Gasteiger partial charge is 0.493 e. The highest BCUT2D eigenvalue weighted by Gasteiger charge is 2.35. The smallest absolute Gasteiger partial charge is 0.311 e. The Labute approximate surface area is 174 Å². The lowest BCUT2D eigenvalue weighted by molar-refractivity contribution is -0.947. The van der Waals surface area contributed by atoms with Crippen LogP contribution in [0.1, 0.15) is 29.3 Å². The zero-order chi connectivity index (χ0) is 21.1. The third kappa shape index (κ3) is 3.91. The molecular formula is C22H25N2O6+. The van der Waals surface area contributed by atoms with Gasteiger partial charge in [0.15, 0.2) is 17.3 Å². The number of fused-ring (bicyclic) bond motifs is 1. The van der Waals surface area contributed by atoms with E-state index >= 15 is 0 Å². The fourth-order valence-electron chi connectivity index (χ4n) is 4.05. The number of nitrogens with zero attached hydrogens (tertiary/aromatic N) is 1. The summed E-state index contributed by atoms with van der Waals surface area (Å²) in [6.07, 6.45) is 2.71. The molecule has 1 unspecified atom stereocenters. The zero-order valence-corrected chi connectivity index (χ0v) is 17.3. The van der Waals surface area contributed by atoms with Crippen LogP contribution in [-0.4, -0.2) is 39.0 Å². The van der Waals surface area contributed by atoms with E-state index in [1.165, 1.54) is 12.0 Å². The molecule has 0 aliphatic carbocycles. The van der Waals surface area contributed by atoms with Crippen molar-refractivity contribution in [1.82, 2.24) is 5.16 Å². The van der Waals surface area contributed by atoms with E-state index in [0.717, 1.165) is 29.8 Å². The number of carbonyl (C=O) groups is 1. The second-order valence-electron chi connectivity index (χ2n) is 7.23. The number of aromatic nitrogens is 1. The maximum absolute atomic E-state index is 12.2. The molecule has 1 aliphatic heterocycles. The van der Waals surface area contributed by atoms with Crippen molar-refractivity contribution < 1.29 is 32.8 Å². The molecule has 0 radical (unpaired) electrons. The van der Waals surface area contributed by atoms with Gasteiger partial charge >= 0.3 is 5.97 Å². The van der Waals surface area contributed by atoms with Gasteiger partial charge in [0, 0.05) is 18.1 Å². The van der Waals surface area contributed by atoms with E-state index in [-0.39, 0.29) is 18.4 Å². The van der Waals surface area contributed by atoms with Crippen molar-refractivity contribution in [2.24, 2.45) is 0 Å². The van der Waals surface area contributed by atoms with Crippen molar-refractivity contribution in [2.75, 3.05) is 27.9 Å². The van der Waals surface area contributed by atoms with E-state index in [0.29, 0.717) is 29.6 Å². The number of rotatable bonds is 7. The van der Waals surface area contributed by atoms with Crippen molar-refractivity contribution >= 4 is 5.97 Å². The number of carbonyl (C=O) groups excluding carboxylic acids is 1. The summed E-state index contributed by atoms with van der Waals surface area (Å²) in [6.45, 7) is 1.45. The Kier molecular flexibility index (Phi) is 5.76. The van der Waals surface area contributed by atoms with Crippen LogP contribution in [0.15, 0.2) is 45.5 Å². The molecule has 3 heterocycles. The number of ether oxygens (including phenoxy) is 3. The molecule has 0 saturated heterocycles. The first-order valence-electron chi connectivity index (χ1n) is 9.78. The van der Waals surface area contributed by atoms with E-state index in [9.17, 15) is 4.79 Å². The fourth-order valence-corrected chi connectivity index (χ4v) is 4.05. The third-order valence-corrected chi connectivity index (χ3v) is 5.56. The summed E-state index contributed by atoms with van der Waals surface area (Å²) in [5.41, 5.74) is 3.02. The van der Waals surface area contributed by atoms with Crippen LogP contribution in [-0.2, 0) is 22.5 Å². The predicted octanol–water partition coefficient (Wildman–Crippen LogP) is 2.20. The number of esters is 1. The highest BCUT2D eigenvalue weighted by molar-refractivity contribution is 5.70. The van der Waals surface area contributed by atoms with Gasteiger partial charge in [-0.25, -0.2) is 0 Å². The van der Waals surface area contributed by atoms with Crippen LogP contribution < -0.4 is 14.4 Å². The maximum Gasteiger partial charge on any atom is 0.311 e. The molecule has 0 fully saturated rings. The Bertz CT molecular complexity index is 1010. The minimum absolute atomic E-state index is 0.0928. The lowest BCUT2D eigenvalue weighted by Crippen LogP contribution is -3.12. The molecule has 3 aromatic rings. The molecule has 2 aromatic heterocycles. The molecule has 8 nitrogen and oxygen atoms in total. The molecule has 2 atom stereocenters. The third-order valence-electron chi connectivity index (χ3n) is 5.56. The summed E-state index contributed by atoms with van der Waals surface area (Å²) in [4.78, 5) is 13.4. The van der Waals surface area contributed by atoms with Crippen molar-refractivity contribution in [3.63, 3.8) is 0 Å². The van der Waals surface area contributed by atoms with Gasteiger partial charge in [0.2, 0.25) is 5.76 Å². The topological polar surface area (TPSA) is 88.4 Å². The minimum Gasteiger partial charge on any atom is -0.493 e. The first-order chi connectivity index (χ1) is 14.6. The van der Waals surface area contributed by atoms with Gasteiger partial charge in [0.25, 0.3) is 0 Å². The van der Waals surface area contributed by atoms with Crippen LogP contribution in [0.4, 0.5) is 0 Å². The number of furan rings is 1. The second-order valence-corrected chi connectivity index (χ2v) is 7.23. The monoisotopic (exact) mass is 413 g/mol. The predicted molar refractivity (Wildman–Crippen MR) is 106 cm³/mol. The van der Waals surface area contributed by atoms with Gasteiger partial charge in [-0.3, -0.25) is 4.79 Å². The average molecular weight is 413 g/mol. The molecule has 30 heavy (non-hydrogen) atoms. The Hall–Kier alpha value is -3.26. The van der Waals surface area contributed by atoms with Gasteiger partial charge in [0.1, 0.15) is 24.7 Å². The van der Waals surface area contributed by atoms with Crippen molar-refractivity contribution in [3.8, 4) is 23.0 Å². The van der Waals surface area contributed by atoms with Crippen LogP contribution in [0, 0.1) is 0 Å². The lowest BCUT2D eigenvalue weighted by atomic mass is 9.90. The molecule has 0 saturated carbocycles. The van der Waals surface area contributed by atoms with Gasteiger partial charge in [0.05, 0.1) is 34.1 Å². The molecule has 1 N–H and O–H groups in total. The van der Waals surface area contributed by atoms with E-state index in [1.807, 2.05) is 24.3 Å². The fraction of sp³-hybridized carbons (Fsp3) is 0.364. The second kappa shape index (κ2) is 8.62. The molecule has 158 valence electrons. The van der Waals surface area contributed by atoms with Crippen LogP contribution in [0.5, 0.6) is 11.5 Å². The Balaban J connectivity index is 1.63. The maximum atomic E-state index is 12.2. The van der Waals surface area contributed by atoms with Gasteiger partial charge in [-0.15, -0.1) is 0 Å². The summed E-state index contributed by atoms with van der Waals surface area (Å²) in [5.74, 6) is 2.31. The number of methoxy groups -OCH3 is 3. The van der Waals surface area contributed by atoms with Gasteiger partial charge in [-0.2, -0.15) is 0 Å². The molecular weight excluding hydrogens is 388 g/mol. The Morgan fingerprint density at radius 2 is 1.97 bits per heavy atom. The van der Waals surface area contributed by atoms with Gasteiger partial charge in [-0.05, 0) is 29.8 Å². The van der Waals surface area contributed by atoms with Gasteiger partial charge in [-0.1, -0.05) is 5.16 Å². The first kappa shape index (κ1) is 20.0. The number of nitrogens with one attached hydrogen (secondary N) is 1. The van der Waals surface area contributed by atoms with Gasteiger partial charge < -0.3 is 28.1 Å². The Morgan fingerprint density at radius 1 is 1.17 bits per heavy atom. The summed E-state index contributed by atoms with van der Waals surface area (Å²) in [5, 5.41) is 4.20. The lowest BCUT2D eigenvalue weighted by Gasteiger charge is -2.34. The minimum atomic E-state index is -0.253. The SMILES string of the molecule is COC(=O)C[C@H]1c2cc(OC)c(OC)cc2CC[NH+]1Cc1cc(-c2ccco2)on1. The summed E-state index contributed by atoms with van der Waals surface area (Å²) < 4.78 is 26.7. The summed E-state index contributed by atoms with van der Waals surface area (Å²) in [7, 11) is 4.64. The quantitative estimate of drug-likeness (QED) is 0.594. The van der Waals surface area contributed by atoms with Crippen molar-refractivity contribution in [1.29, 1.82) is 0 Å². The molecule has 0 amide bonds. The van der Waals surface area contributed by atoms with Crippen LogP contribution in [0.2, 0.25) is 0 Å². The first-order valence-corrected chi connectivity index (χ1v) is 9.78. The van der Waals surface area contributed by atoms with E-state index in [1.54, 1.807) is 26.5 Å². The normalized spacial score (nSPS) is 18.0. The van der Waals surface area contributed by atoms with Crippen molar-refractivity contribution in [2.45, 2.75) is 25.4 Å². The van der Waals surface area contributed by atoms with E-state index < -0.39 is 0 Å². The molecule has 4 rings (SSSR count). The molecule has 8 heteroatoms. The highest BCUT2D eigenvalue weighted by Crippen LogP contribution is 2.35. The average Bonchev–Trinajstić information content (AvgIpc) is 3.46. The Morgan fingerprint density at radius 3 is 2.67 bits per heavy atom. The van der Waals surface area contributed by atoms with E-state index in [2.05, 4.69) is 5.16 Å². The molecule has 0 bridgehead atoms. The standard InChI is InChI=1S/C22H24N2O6/c1-26-19-9-14-6-7-24(13-15-10-21(30-23-15)18-5-4-8-29-18)17(12-22(25)28-3)16(14)11-20(19)27-2/h4-5,8-11,17H,6-7,12-13H2,1-3H3/p+1/t17-/m0/s1. The van der Waals surface area contributed by atoms with Crippen LogP contribution in [0.3, 0.4) is 0 Å². The zero-order valence-electron chi connectivity index (χ0n) is 17.3. The van der Waals surface area contributed by atoms with Crippen LogP contribution >= 0.6 is 0 Å². The van der Waals surface area contributed by atoms with Crippen LogP contribution in [0.25, 0.3) is 11.5 Å². The number of benzene rings is 1. The van der Waals surface area contributed by atoms with Crippen molar-refractivity contribution in [3.05, 3.63) is 53.4 Å². The summed E-state index contributed by atoms with van der Waals surface area (Å²) >= 11 is 0. The number of hydrogen-bond acceptors (Lipinski definition) is 7. The molecule has 1 aliphatic rings. The molecule has 0 spiro atoms. The number of hydrogen-bond donors (Lipinski definition) is 1. The van der Waals surface area contributed by atoms with E-state index in [4.69, 9.17) is 23.2 Å². The number of quaternary nitrogens is 1. The molecule has 1 aromatic carbocycles. The highest BCUT2D eigenvalue weighted by atomic mass is 16.5.